The molecule has 1 heterocycles. The molecule has 1 saturated carbocycles. The molecule has 128 valence electrons. The Bertz CT molecular complexity index is 687. The number of carbonyl (C=O) groups excluding carboxylic acids is 1. The summed E-state index contributed by atoms with van der Waals surface area (Å²) in [7, 11) is 0. The van der Waals surface area contributed by atoms with Crippen molar-refractivity contribution in [1.29, 1.82) is 0 Å². The van der Waals surface area contributed by atoms with E-state index in [0.29, 0.717) is 29.8 Å². The summed E-state index contributed by atoms with van der Waals surface area (Å²) in [4.78, 5) is 11.9. The Kier molecular flexibility index (Phi) is 5.48. The molecule has 7 heteroatoms. The standard InChI is InChI=1S/C17H20ClN3O3/c18-13-6-4-11(5-7-13)17-21-20-16(24-17)9-8-15(23)19-10-12-2-1-3-14(12)22/h4-7,12,14,22H,1-3,8-10H2,(H,19,23). The fourth-order valence-electron chi connectivity index (χ4n) is 2.87. The largest absolute Gasteiger partial charge is 0.421 e. The van der Waals surface area contributed by atoms with Crippen molar-refractivity contribution in [1.82, 2.24) is 15.5 Å². The molecule has 6 nitrogen and oxygen atoms in total. The fourth-order valence-corrected chi connectivity index (χ4v) is 3.00. The first-order valence-corrected chi connectivity index (χ1v) is 8.52. The Morgan fingerprint density at radius 2 is 2.08 bits per heavy atom. The second-order valence-electron chi connectivity index (χ2n) is 6.07. The monoisotopic (exact) mass is 349 g/mol. The maximum Gasteiger partial charge on any atom is 0.247 e. The van der Waals surface area contributed by atoms with E-state index in [4.69, 9.17) is 16.0 Å². The molecule has 2 N–H and O–H groups in total. The summed E-state index contributed by atoms with van der Waals surface area (Å²) in [5.41, 5.74) is 0.790. The molecule has 1 aromatic carbocycles. The number of aliphatic hydroxyl groups excluding tert-OH is 1. The van der Waals surface area contributed by atoms with Gasteiger partial charge in [-0.15, -0.1) is 10.2 Å². The molecule has 2 unspecified atom stereocenters. The van der Waals surface area contributed by atoms with E-state index in [1.54, 1.807) is 24.3 Å². The topological polar surface area (TPSA) is 88.2 Å². The number of nitrogens with one attached hydrogen (secondary N) is 1. The molecular formula is C17H20ClN3O3. The van der Waals surface area contributed by atoms with Crippen molar-refractivity contribution < 1.29 is 14.3 Å². The van der Waals surface area contributed by atoms with Crippen molar-refractivity contribution >= 4 is 17.5 Å². The predicted octanol–water partition coefficient (Wildman–Crippen LogP) is 2.60. The number of carbonyl (C=O) groups is 1. The smallest absolute Gasteiger partial charge is 0.247 e. The van der Waals surface area contributed by atoms with Crippen molar-refractivity contribution in [3.8, 4) is 11.5 Å². The molecule has 0 saturated heterocycles. The molecule has 1 aromatic heterocycles. The normalized spacial score (nSPS) is 20.2. The van der Waals surface area contributed by atoms with Crippen LogP contribution in [0.2, 0.25) is 5.02 Å². The molecule has 0 aliphatic heterocycles. The zero-order chi connectivity index (χ0) is 16.9. The molecule has 3 rings (SSSR count). The quantitative estimate of drug-likeness (QED) is 0.836. The minimum atomic E-state index is -0.289. The van der Waals surface area contributed by atoms with Crippen LogP contribution in [0.5, 0.6) is 0 Å². The van der Waals surface area contributed by atoms with Gasteiger partial charge in [-0.3, -0.25) is 4.79 Å². The van der Waals surface area contributed by atoms with E-state index in [9.17, 15) is 9.90 Å². The van der Waals surface area contributed by atoms with E-state index < -0.39 is 0 Å². The van der Waals surface area contributed by atoms with Gasteiger partial charge in [-0.1, -0.05) is 18.0 Å². The number of halogens is 1. The Balaban J connectivity index is 1.46. The highest BCUT2D eigenvalue weighted by Gasteiger charge is 2.25. The van der Waals surface area contributed by atoms with Gasteiger partial charge >= 0.3 is 0 Å². The first kappa shape index (κ1) is 16.9. The summed E-state index contributed by atoms with van der Waals surface area (Å²) in [6, 6.07) is 7.12. The summed E-state index contributed by atoms with van der Waals surface area (Å²) in [5.74, 6) is 0.946. The van der Waals surface area contributed by atoms with Crippen LogP contribution in [0.4, 0.5) is 0 Å². The van der Waals surface area contributed by atoms with E-state index in [0.717, 1.165) is 24.8 Å². The van der Waals surface area contributed by atoms with Crippen LogP contribution in [-0.2, 0) is 11.2 Å². The number of hydrogen-bond acceptors (Lipinski definition) is 5. The molecule has 2 aromatic rings. The summed E-state index contributed by atoms with van der Waals surface area (Å²) in [5, 5.41) is 21.2. The lowest BCUT2D eigenvalue weighted by Gasteiger charge is -2.14. The van der Waals surface area contributed by atoms with Crippen LogP contribution in [0.15, 0.2) is 28.7 Å². The van der Waals surface area contributed by atoms with Gasteiger partial charge in [0.2, 0.25) is 17.7 Å². The van der Waals surface area contributed by atoms with E-state index in [1.807, 2.05) is 0 Å². The van der Waals surface area contributed by atoms with Crippen molar-refractivity contribution in [3.63, 3.8) is 0 Å². The maximum absolute atomic E-state index is 11.9. The molecule has 1 fully saturated rings. The highest BCUT2D eigenvalue weighted by Crippen LogP contribution is 2.24. The van der Waals surface area contributed by atoms with Crippen molar-refractivity contribution in [2.45, 2.75) is 38.2 Å². The van der Waals surface area contributed by atoms with Gasteiger partial charge < -0.3 is 14.8 Å². The third kappa shape index (κ3) is 4.33. The minimum absolute atomic E-state index is 0.0691. The van der Waals surface area contributed by atoms with Gasteiger partial charge in [0.05, 0.1) is 6.10 Å². The Morgan fingerprint density at radius 3 is 2.79 bits per heavy atom. The summed E-state index contributed by atoms with van der Waals surface area (Å²) >= 11 is 5.85. The second kappa shape index (κ2) is 7.77. The van der Waals surface area contributed by atoms with Gasteiger partial charge in [0.15, 0.2) is 0 Å². The van der Waals surface area contributed by atoms with Crippen LogP contribution in [0.3, 0.4) is 0 Å². The van der Waals surface area contributed by atoms with E-state index in [-0.39, 0.29) is 24.3 Å². The lowest BCUT2D eigenvalue weighted by Crippen LogP contribution is -2.32. The average molecular weight is 350 g/mol. The van der Waals surface area contributed by atoms with Crippen LogP contribution in [0, 0.1) is 5.92 Å². The fraction of sp³-hybridized carbons (Fsp3) is 0.471. The highest BCUT2D eigenvalue weighted by molar-refractivity contribution is 6.30. The van der Waals surface area contributed by atoms with Crippen LogP contribution < -0.4 is 5.32 Å². The van der Waals surface area contributed by atoms with Gasteiger partial charge in [-0.05, 0) is 37.1 Å². The number of aromatic nitrogens is 2. The predicted molar refractivity (Wildman–Crippen MR) is 89.4 cm³/mol. The molecular weight excluding hydrogens is 330 g/mol. The Hall–Kier alpha value is -1.92. The lowest BCUT2D eigenvalue weighted by molar-refractivity contribution is -0.121. The molecule has 0 radical (unpaired) electrons. The minimum Gasteiger partial charge on any atom is -0.421 e. The maximum atomic E-state index is 11.9. The van der Waals surface area contributed by atoms with Crippen LogP contribution in [-0.4, -0.2) is 33.9 Å². The number of benzene rings is 1. The third-order valence-corrected chi connectivity index (χ3v) is 4.56. The van der Waals surface area contributed by atoms with E-state index in [1.165, 1.54) is 0 Å². The number of hydrogen-bond donors (Lipinski definition) is 2. The second-order valence-corrected chi connectivity index (χ2v) is 6.51. The average Bonchev–Trinajstić information content (AvgIpc) is 3.21. The zero-order valence-electron chi connectivity index (χ0n) is 13.2. The first-order chi connectivity index (χ1) is 11.6. The van der Waals surface area contributed by atoms with Gasteiger partial charge in [0.1, 0.15) is 0 Å². The summed E-state index contributed by atoms with van der Waals surface area (Å²) in [6.45, 7) is 0.528. The third-order valence-electron chi connectivity index (χ3n) is 4.30. The van der Waals surface area contributed by atoms with E-state index >= 15 is 0 Å². The molecule has 24 heavy (non-hydrogen) atoms. The highest BCUT2D eigenvalue weighted by atomic mass is 35.5. The number of rotatable bonds is 6. The Labute approximate surface area is 145 Å². The molecule has 0 spiro atoms. The van der Waals surface area contributed by atoms with E-state index in [2.05, 4.69) is 15.5 Å². The van der Waals surface area contributed by atoms with Crippen molar-refractivity contribution in [3.05, 3.63) is 35.2 Å². The zero-order valence-corrected chi connectivity index (χ0v) is 14.0. The molecule has 1 aliphatic carbocycles. The Morgan fingerprint density at radius 1 is 1.29 bits per heavy atom. The van der Waals surface area contributed by atoms with Crippen LogP contribution >= 0.6 is 11.6 Å². The first-order valence-electron chi connectivity index (χ1n) is 8.15. The summed E-state index contributed by atoms with van der Waals surface area (Å²) < 4.78 is 5.57. The van der Waals surface area contributed by atoms with Crippen LogP contribution in [0.25, 0.3) is 11.5 Å². The number of aliphatic hydroxyl groups is 1. The number of aryl methyl sites for hydroxylation is 1. The van der Waals surface area contributed by atoms with Gasteiger partial charge in [0.25, 0.3) is 0 Å². The van der Waals surface area contributed by atoms with Crippen molar-refractivity contribution in [2.24, 2.45) is 5.92 Å². The van der Waals surface area contributed by atoms with Gasteiger partial charge in [-0.2, -0.15) is 0 Å². The molecule has 1 aliphatic rings. The van der Waals surface area contributed by atoms with Crippen LogP contribution in [0.1, 0.15) is 31.6 Å². The van der Waals surface area contributed by atoms with Gasteiger partial charge in [-0.25, -0.2) is 0 Å². The lowest BCUT2D eigenvalue weighted by atomic mass is 10.1. The number of amides is 1. The summed E-state index contributed by atoms with van der Waals surface area (Å²) in [6.07, 6.45) is 3.20. The molecule has 1 amide bonds. The van der Waals surface area contributed by atoms with Gasteiger partial charge in [0, 0.05) is 35.9 Å². The number of nitrogens with zero attached hydrogens (tertiary/aromatic N) is 2. The molecule has 0 bridgehead atoms. The molecule has 2 atom stereocenters. The SMILES string of the molecule is O=C(CCc1nnc(-c2ccc(Cl)cc2)o1)NCC1CCCC1O. The van der Waals surface area contributed by atoms with Crippen molar-refractivity contribution in [2.75, 3.05) is 6.54 Å².